The average molecular weight is 250 g/mol. The highest BCUT2D eigenvalue weighted by atomic mass is 16.3. The monoisotopic (exact) mass is 250 g/mol. The molecule has 100 valence electrons. The van der Waals surface area contributed by atoms with Gasteiger partial charge in [-0.05, 0) is 29.9 Å². The van der Waals surface area contributed by atoms with Gasteiger partial charge in [0, 0.05) is 5.56 Å². The highest BCUT2D eigenvalue weighted by Crippen LogP contribution is 2.36. The van der Waals surface area contributed by atoms with Gasteiger partial charge in [0.1, 0.15) is 5.75 Å². The summed E-state index contributed by atoms with van der Waals surface area (Å²) in [5.74, 6) is 5.17. The third-order valence-corrected chi connectivity index (χ3v) is 3.50. The molecule has 0 aromatic heterocycles. The molecule has 0 atom stereocenters. The van der Waals surface area contributed by atoms with Crippen molar-refractivity contribution in [1.29, 1.82) is 0 Å². The Hall–Kier alpha value is -1.55. The minimum Gasteiger partial charge on any atom is -0.507 e. The van der Waals surface area contributed by atoms with Crippen LogP contribution in [-0.4, -0.2) is 11.0 Å². The minimum absolute atomic E-state index is 0.121. The highest BCUT2D eigenvalue weighted by Gasteiger charge is 2.23. The lowest BCUT2D eigenvalue weighted by Gasteiger charge is -2.26. The second kappa shape index (κ2) is 5.40. The molecule has 1 aromatic rings. The summed E-state index contributed by atoms with van der Waals surface area (Å²) in [6.45, 7) is 8.07. The second-order valence-corrected chi connectivity index (χ2v) is 5.29. The first-order valence-electron chi connectivity index (χ1n) is 6.14. The Morgan fingerprint density at radius 3 is 2.56 bits per heavy atom. The summed E-state index contributed by atoms with van der Waals surface area (Å²) in [6, 6.07) is 3.71. The fraction of sp³-hybridized carbons (Fsp3) is 0.500. The van der Waals surface area contributed by atoms with Gasteiger partial charge in [-0.1, -0.05) is 32.9 Å². The topological polar surface area (TPSA) is 75.4 Å². The van der Waals surface area contributed by atoms with E-state index in [9.17, 15) is 9.90 Å². The van der Waals surface area contributed by atoms with Crippen molar-refractivity contribution in [3.8, 4) is 5.75 Å². The summed E-state index contributed by atoms with van der Waals surface area (Å²) in [6.07, 6.45) is 1.14. The molecule has 0 spiro atoms. The number of benzene rings is 1. The first kappa shape index (κ1) is 14.5. The van der Waals surface area contributed by atoms with E-state index in [1.165, 1.54) is 0 Å². The molecule has 4 N–H and O–H groups in total. The Kier molecular flexibility index (Phi) is 4.35. The quantitative estimate of drug-likeness (QED) is 0.434. The number of hydrogen-bond donors (Lipinski definition) is 3. The van der Waals surface area contributed by atoms with Crippen LogP contribution in [0.15, 0.2) is 12.1 Å². The van der Waals surface area contributed by atoms with E-state index in [-0.39, 0.29) is 17.7 Å². The molecule has 0 bridgehead atoms. The van der Waals surface area contributed by atoms with Crippen molar-refractivity contribution >= 4 is 5.91 Å². The minimum atomic E-state index is -0.236. The largest absolute Gasteiger partial charge is 0.507 e. The lowest BCUT2D eigenvalue weighted by molar-refractivity contribution is -0.120. The number of nitrogens with one attached hydrogen (secondary N) is 1. The Bertz CT molecular complexity index is 453. The van der Waals surface area contributed by atoms with Crippen LogP contribution in [0, 0.1) is 6.92 Å². The van der Waals surface area contributed by atoms with Crippen molar-refractivity contribution in [2.45, 2.75) is 46.0 Å². The number of amides is 1. The van der Waals surface area contributed by atoms with Crippen LogP contribution >= 0.6 is 0 Å². The molecule has 0 aliphatic heterocycles. The Morgan fingerprint density at radius 2 is 2.06 bits per heavy atom. The zero-order chi connectivity index (χ0) is 13.9. The van der Waals surface area contributed by atoms with Crippen molar-refractivity contribution in [3.63, 3.8) is 0 Å². The molecule has 1 rings (SSSR count). The summed E-state index contributed by atoms with van der Waals surface area (Å²) in [5, 5.41) is 10.2. The third kappa shape index (κ3) is 3.01. The Balaban J connectivity index is 3.23. The van der Waals surface area contributed by atoms with Gasteiger partial charge in [0.25, 0.3) is 0 Å². The molecule has 0 aliphatic rings. The van der Waals surface area contributed by atoms with Crippen LogP contribution in [0.3, 0.4) is 0 Å². The van der Waals surface area contributed by atoms with Crippen LogP contribution in [-0.2, 0) is 16.6 Å². The van der Waals surface area contributed by atoms with E-state index in [0.29, 0.717) is 5.75 Å². The molecular weight excluding hydrogens is 228 g/mol. The standard InChI is InChI=1S/C14H22N2O2/c1-5-14(3,4)11-7-10(8-12(17)16-15)6-9(2)13(11)18/h6-7,18H,5,8,15H2,1-4H3,(H,16,17). The van der Waals surface area contributed by atoms with Crippen LogP contribution < -0.4 is 11.3 Å². The normalized spacial score (nSPS) is 11.4. The molecule has 0 aliphatic carbocycles. The van der Waals surface area contributed by atoms with Gasteiger partial charge in [-0.2, -0.15) is 0 Å². The SMILES string of the molecule is CCC(C)(C)c1cc(CC(=O)NN)cc(C)c1O. The zero-order valence-electron chi connectivity index (χ0n) is 11.5. The number of hydrazine groups is 1. The lowest BCUT2D eigenvalue weighted by atomic mass is 9.80. The summed E-state index contributed by atoms with van der Waals surface area (Å²) in [7, 11) is 0. The molecule has 0 heterocycles. The molecular formula is C14H22N2O2. The Morgan fingerprint density at radius 1 is 1.44 bits per heavy atom. The predicted octanol–water partition coefficient (Wildman–Crippen LogP) is 1.92. The smallest absolute Gasteiger partial charge is 0.238 e. The number of phenols is 1. The highest BCUT2D eigenvalue weighted by molar-refractivity contribution is 5.78. The van der Waals surface area contributed by atoms with Gasteiger partial charge < -0.3 is 5.11 Å². The van der Waals surface area contributed by atoms with Crippen LogP contribution in [0.5, 0.6) is 5.75 Å². The summed E-state index contributed by atoms with van der Waals surface area (Å²) >= 11 is 0. The molecule has 0 saturated carbocycles. The molecule has 18 heavy (non-hydrogen) atoms. The number of carbonyl (C=O) groups is 1. The van der Waals surface area contributed by atoms with Gasteiger partial charge >= 0.3 is 0 Å². The van der Waals surface area contributed by atoms with Crippen molar-refractivity contribution in [3.05, 3.63) is 28.8 Å². The van der Waals surface area contributed by atoms with E-state index < -0.39 is 0 Å². The molecule has 0 saturated heterocycles. The maximum Gasteiger partial charge on any atom is 0.238 e. The van der Waals surface area contributed by atoms with Crippen LogP contribution in [0.1, 0.15) is 43.9 Å². The molecule has 0 fully saturated rings. The van der Waals surface area contributed by atoms with Crippen molar-refractivity contribution in [2.24, 2.45) is 5.84 Å². The van der Waals surface area contributed by atoms with E-state index in [2.05, 4.69) is 26.2 Å². The van der Waals surface area contributed by atoms with E-state index >= 15 is 0 Å². The van der Waals surface area contributed by atoms with Crippen molar-refractivity contribution < 1.29 is 9.90 Å². The lowest BCUT2D eigenvalue weighted by Crippen LogP contribution is -2.31. The fourth-order valence-corrected chi connectivity index (χ4v) is 1.90. The van der Waals surface area contributed by atoms with Gasteiger partial charge in [-0.25, -0.2) is 5.84 Å². The molecule has 1 amide bonds. The molecule has 4 heteroatoms. The maximum atomic E-state index is 11.3. The van der Waals surface area contributed by atoms with E-state index in [0.717, 1.165) is 23.1 Å². The molecule has 0 unspecified atom stereocenters. The third-order valence-electron chi connectivity index (χ3n) is 3.50. The van der Waals surface area contributed by atoms with Crippen LogP contribution in [0.2, 0.25) is 0 Å². The maximum absolute atomic E-state index is 11.3. The fourth-order valence-electron chi connectivity index (χ4n) is 1.90. The first-order chi connectivity index (χ1) is 8.31. The second-order valence-electron chi connectivity index (χ2n) is 5.29. The van der Waals surface area contributed by atoms with E-state index in [1.807, 2.05) is 19.1 Å². The van der Waals surface area contributed by atoms with Gasteiger partial charge in [0.2, 0.25) is 5.91 Å². The van der Waals surface area contributed by atoms with Crippen molar-refractivity contribution in [2.75, 3.05) is 0 Å². The van der Waals surface area contributed by atoms with Gasteiger partial charge in [0.05, 0.1) is 6.42 Å². The number of aryl methyl sites for hydroxylation is 1. The van der Waals surface area contributed by atoms with Gasteiger partial charge in [0.15, 0.2) is 0 Å². The summed E-state index contributed by atoms with van der Waals surface area (Å²) in [4.78, 5) is 11.3. The average Bonchev–Trinajstić information content (AvgIpc) is 2.33. The molecule has 0 radical (unpaired) electrons. The van der Waals surface area contributed by atoms with E-state index in [4.69, 9.17) is 5.84 Å². The molecule has 1 aromatic carbocycles. The van der Waals surface area contributed by atoms with Crippen molar-refractivity contribution in [1.82, 2.24) is 5.43 Å². The number of carbonyl (C=O) groups excluding carboxylic acids is 1. The van der Waals surface area contributed by atoms with Crippen LogP contribution in [0.25, 0.3) is 0 Å². The predicted molar refractivity (Wildman–Crippen MR) is 72.2 cm³/mol. The number of hydrogen-bond acceptors (Lipinski definition) is 3. The summed E-state index contributed by atoms with van der Waals surface area (Å²) in [5.41, 5.74) is 4.53. The van der Waals surface area contributed by atoms with Gasteiger partial charge in [-0.15, -0.1) is 0 Å². The number of phenolic OH excluding ortho intramolecular Hbond substituents is 1. The number of aromatic hydroxyl groups is 1. The van der Waals surface area contributed by atoms with Gasteiger partial charge in [-0.3, -0.25) is 10.2 Å². The van der Waals surface area contributed by atoms with E-state index in [1.54, 1.807) is 0 Å². The zero-order valence-corrected chi connectivity index (χ0v) is 11.5. The van der Waals surface area contributed by atoms with Crippen LogP contribution in [0.4, 0.5) is 0 Å². The summed E-state index contributed by atoms with van der Waals surface area (Å²) < 4.78 is 0. The first-order valence-corrected chi connectivity index (χ1v) is 6.14. The number of rotatable bonds is 4. The molecule has 4 nitrogen and oxygen atoms in total. The number of nitrogens with two attached hydrogens (primary N) is 1. The Labute approximate surface area is 108 Å².